The predicted molar refractivity (Wildman–Crippen MR) is 222 cm³/mol. The van der Waals surface area contributed by atoms with Crippen molar-refractivity contribution in [3.63, 3.8) is 0 Å². The second kappa shape index (κ2) is 18.8. The van der Waals surface area contributed by atoms with Crippen LogP contribution in [0.4, 0.5) is 16.2 Å². The van der Waals surface area contributed by atoms with Gasteiger partial charge in [-0.25, -0.2) is 9.69 Å². The van der Waals surface area contributed by atoms with Crippen LogP contribution in [0.3, 0.4) is 0 Å². The number of aromatic nitrogens is 2. The normalized spacial score (nSPS) is 19.0. The van der Waals surface area contributed by atoms with Crippen molar-refractivity contribution < 1.29 is 42.9 Å². The number of carbonyl (C=O) groups is 4. The Bertz CT molecular complexity index is 2150. The minimum absolute atomic E-state index is 0.0359. The lowest BCUT2D eigenvalue weighted by molar-refractivity contribution is -0.198. The van der Waals surface area contributed by atoms with Gasteiger partial charge in [0, 0.05) is 64.7 Å². The second-order valence-corrected chi connectivity index (χ2v) is 15.2. The molecule has 2 unspecified atom stereocenters. The van der Waals surface area contributed by atoms with Gasteiger partial charge in [0.05, 0.1) is 42.4 Å². The third kappa shape index (κ3) is 9.55. The molecule has 14 heteroatoms. The van der Waals surface area contributed by atoms with E-state index < -0.39 is 24.7 Å². The molecule has 14 nitrogen and oxygen atoms in total. The number of aryl methyl sites for hydroxylation is 2. The van der Waals surface area contributed by atoms with Crippen LogP contribution >= 0.6 is 0 Å². The van der Waals surface area contributed by atoms with Crippen LogP contribution in [0.25, 0.3) is 11.1 Å². The molecular formula is C45H53N5O9. The summed E-state index contributed by atoms with van der Waals surface area (Å²) in [7, 11) is 5.24. The lowest BCUT2D eigenvalue weighted by Crippen LogP contribution is -2.57. The molecular weight excluding hydrogens is 755 g/mol. The molecule has 312 valence electrons. The van der Waals surface area contributed by atoms with Gasteiger partial charge in [-0.05, 0) is 79.8 Å². The van der Waals surface area contributed by atoms with Crippen LogP contribution in [0.2, 0.25) is 0 Å². The Balaban J connectivity index is 1.01. The maximum Gasteiger partial charge on any atom is 0.416 e. The minimum atomic E-state index is -0.883. The van der Waals surface area contributed by atoms with E-state index in [1.165, 1.54) is 18.1 Å². The summed E-state index contributed by atoms with van der Waals surface area (Å²) in [6, 6.07) is 14.5. The highest BCUT2D eigenvalue weighted by Crippen LogP contribution is 2.42. The minimum Gasteiger partial charge on any atom is -0.493 e. The van der Waals surface area contributed by atoms with Gasteiger partial charge in [0.2, 0.25) is 5.91 Å². The summed E-state index contributed by atoms with van der Waals surface area (Å²) < 4.78 is 33.7. The van der Waals surface area contributed by atoms with Crippen LogP contribution in [-0.4, -0.2) is 89.8 Å². The molecule has 7 rings (SSSR count). The first-order valence-electron chi connectivity index (χ1n) is 20.3. The third-order valence-electron chi connectivity index (χ3n) is 11.0. The Morgan fingerprint density at radius 3 is 2.51 bits per heavy atom. The first-order valence-corrected chi connectivity index (χ1v) is 20.3. The lowest BCUT2D eigenvalue weighted by atomic mass is 10.00. The molecule has 2 saturated heterocycles. The van der Waals surface area contributed by atoms with Crippen LogP contribution in [-0.2, 0) is 39.5 Å². The number of amides is 3. The standard InChI is InChI=1S/C45H53N5O9/c1-5-21-58-45(54)50-36-27-40(39(55-4)26-34(36)43(53)49-19-8-6-11-35(49)44(50)59-42-13-7-9-22-57-42)56-23-10-12-41(52)46-33-25-37(48(3)29-33)38(51)24-30-14-16-31(17-15-30)32-18-20-47(2)28-32/h5,14-18,20,25-29,35,42,44H,1,6-13,19,21-24H2,2-4H3,(H,46,52)/t35-,42?,44?/m0/s1. The van der Waals surface area contributed by atoms with Gasteiger partial charge >= 0.3 is 6.09 Å². The van der Waals surface area contributed by atoms with Crippen LogP contribution in [0.1, 0.15) is 77.8 Å². The van der Waals surface area contributed by atoms with E-state index in [-0.39, 0.29) is 60.7 Å². The fourth-order valence-electron chi connectivity index (χ4n) is 8.00. The Hall–Kier alpha value is -5.86. The number of ketones is 1. The van der Waals surface area contributed by atoms with Crippen molar-refractivity contribution >= 4 is 35.1 Å². The number of hydrogen-bond acceptors (Lipinski definition) is 9. The number of fused-ring (bicyclic) bond motifs is 2. The molecule has 0 bridgehead atoms. The molecule has 1 N–H and O–H groups in total. The van der Waals surface area contributed by atoms with Crippen LogP contribution < -0.4 is 19.7 Å². The molecule has 0 aliphatic carbocycles. The second-order valence-electron chi connectivity index (χ2n) is 15.2. The number of hydrogen-bond donors (Lipinski definition) is 1. The highest BCUT2D eigenvalue weighted by molar-refractivity contribution is 6.06. The van der Waals surface area contributed by atoms with E-state index in [4.69, 9.17) is 23.7 Å². The van der Waals surface area contributed by atoms with Gasteiger partial charge in [0.15, 0.2) is 29.8 Å². The first kappa shape index (κ1) is 41.3. The average Bonchev–Trinajstić information content (AvgIpc) is 3.83. The molecule has 2 fully saturated rings. The van der Waals surface area contributed by atoms with E-state index in [0.717, 1.165) is 42.4 Å². The SMILES string of the molecule is C=CCOC(=O)N1c2cc(OCCCC(=O)Nc3cc(C(=O)Cc4ccc(-c5ccn(C)c5)cc4)n(C)c3)c(OC)cc2C(=O)N2CCCC[C@H]2C1OC1CCCCO1. The Morgan fingerprint density at radius 1 is 0.966 bits per heavy atom. The number of Topliss-reactive ketones (excluding diaryl/α,β-unsaturated/α-hetero) is 1. The van der Waals surface area contributed by atoms with Crippen LogP contribution in [0.5, 0.6) is 11.5 Å². The summed E-state index contributed by atoms with van der Waals surface area (Å²) in [5.41, 5.74) is 4.63. The van der Waals surface area contributed by atoms with Gasteiger partial charge in [0.1, 0.15) is 6.61 Å². The van der Waals surface area contributed by atoms with Gasteiger partial charge < -0.3 is 43.0 Å². The van der Waals surface area contributed by atoms with Gasteiger partial charge in [0.25, 0.3) is 5.91 Å². The molecule has 3 aliphatic heterocycles. The zero-order valence-electron chi connectivity index (χ0n) is 34.0. The smallest absolute Gasteiger partial charge is 0.416 e. The summed E-state index contributed by atoms with van der Waals surface area (Å²) >= 11 is 0. The van der Waals surface area contributed by atoms with Crippen LogP contribution in [0.15, 0.2) is 79.8 Å². The van der Waals surface area contributed by atoms with Crippen molar-refractivity contribution in [3.8, 4) is 22.6 Å². The Kier molecular flexibility index (Phi) is 13.2. The van der Waals surface area contributed by atoms with E-state index in [1.54, 1.807) is 40.9 Å². The number of nitrogens with one attached hydrogen (secondary N) is 1. The number of ether oxygens (including phenoxy) is 5. The third-order valence-corrected chi connectivity index (χ3v) is 11.0. The van der Waals surface area contributed by atoms with E-state index in [1.807, 2.05) is 54.3 Å². The maximum atomic E-state index is 14.2. The zero-order chi connectivity index (χ0) is 41.5. The van der Waals surface area contributed by atoms with Crippen molar-refractivity contribution in [3.05, 3.63) is 96.6 Å². The number of rotatable bonds is 15. The fraction of sp³-hybridized carbons (Fsp3) is 0.422. The summed E-state index contributed by atoms with van der Waals surface area (Å²) in [5.74, 6) is 0.0417. The largest absolute Gasteiger partial charge is 0.493 e. The molecule has 0 spiro atoms. The quantitative estimate of drug-likeness (QED) is 0.0746. The van der Waals surface area contributed by atoms with Gasteiger partial charge in [-0.15, -0.1) is 0 Å². The monoisotopic (exact) mass is 807 g/mol. The summed E-state index contributed by atoms with van der Waals surface area (Å²) in [4.78, 5) is 57.7. The van der Waals surface area contributed by atoms with Crippen molar-refractivity contribution in [1.82, 2.24) is 14.0 Å². The van der Waals surface area contributed by atoms with Crippen molar-refractivity contribution in [1.29, 1.82) is 0 Å². The first-order chi connectivity index (χ1) is 28.6. The molecule has 2 aromatic carbocycles. The highest BCUT2D eigenvalue weighted by atomic mass is 16.7. The summed E-state index contributed by atoms with van der Waals surface area (Å²) in [5, 5.41) is 2.90. The molecule has 3 atom stereocenters. The van der Waals surface area contributed by atoms with Crippen LogP contribution in [0, 0.1) is 0 Å². The zero-order valence-corrected chi connectivity index (χ0v) is 34.0. The van der Waals surface area contributed by atoms with Crippen molar-refractivity contribution in [2.24, 2.45) is 14.1 Å². The average molecular weight is 808 g/mol. The predicted octanol–water partition coefficient (Wildman–Crippen LogP) is 7.27. The number of benzene rings is 2. The molecule has 2 aromatic heterocycles. The van der Waals surface area contributed by atoms with Gasteiger partial charge in [-0.2, -0.15) is 0 Å². The topological polar surface area (TPSA) is 143 Å². The molecule has 4 aromatic rings. The molecule has 5 heterocycles. The number of methoxy groups -OCH3 is 1. The van der Waals surface area contributed by atoms with Crippen molar-refractivity contribution in [2.45, 2.75) is 76.3 Å². The number of piperidine rings is 1. The van der Waals surface area contributed by atoms with E-state index in [2.05, 4.69) is 11.9 Å². The molecule has 0 radical (unpaired) electrons. The van der Waals surface area contributed by atoms with E-state index in [9.17, 15) is 19.2 Å². The number of carbonyl (C=O) groups excluding carboxylic acids is 4. The van der Waals surface area contributed by atoms with Gasteiger partial charge in [-0.1, -0.05) is 36.9 Å². The maximum absolute atomic E-state index is 14.2. The Labute approximate surface area is 344 Å². The summed E-state index contributed by atoms with van der Waals surface area (Å²) in [6.07, 6.45) is 10.7. The fourth-order valence-corrected chi connectivity index (χ4v) is 8.00. The van der Waals surface area contributed by atoms with Crippen molar-refractivity contribution in [2.75, 3.05) is 43.7 Å². The lowest BCUT2D eigenvalue weighted by Gasteiger charge is -2.42. The number of nitrogens with zero attached hydrogens (tertiary/aromatic N) is 4. The number of anilines is 2. The highest BCUT2D eigenvalue weighted by Gasteiger charge is 2.47. The van der Waals surface area contributed by atoms with E-state index in [0.29, 0.717) is 49.5 Å². The Morgan fingerprint density at radius 2 is 1.78 bits per heavy atom. The molecule has 3 amide bonds. The van der Waals surface area contributed by atoms with E-state index >= 15 is 0 Å². The van der Waals surface area contributed by atoms with Gasteiger partial charge in [-0.3, -0.25) is 14.4 Å². The molecule has 59 heavy (non-hydrogen) atoms. The molecule has 3 aliphatic rings. The molecule has 0 saturated carbocycles. The summed E-state index contributed by atoms with van der Waals surface area (Å²) in [6.45, 7) is 4.84.